The van der Waals surface area contributed by atoms with Crippen molar-refractivity contribution in [3.05, 3.63) is 11.8 Å². The van der Waals surface area contributed by atoms with Crippen LogP contribution in [0.4, 0.5) is 11.8 Å². The van der Waals surface area contributed by atoms with Crippen molar-refractivity contribution < 1.29 is 9.53 Å². The number of aromatic nitrogens is 2. The molecule has 0 amide bonds. The minimum Gasteiger partial charge on any atom is -0.465 e. The van der Waals surface area contributed by atoms with Crippen LogP contribution in [0.1, 0.15) is 19.4 Å². The molecule has 0 bridgehead atoms. The molecule has 1 rings (SSSR count). The van der Waals surface area contributed by atoms with E-state index in [1.54, 1.807) is 13.1 Å². The van der Waals surface area contributed by atoms with Crippen LogP contribution >= 0.6 is 0 Å². The lowest BCUT2D eigenvalue weighted by Gasteiger charge is -2.09. The predicted octanol–water partition coefficient (Wildman–Crippen LogP) is 1.19. The molecule has 0 aliphatic heterocycles. The standard InChI is InChI=1S/C11H18N4O2/c1-4-12-11-14-6-8(3)10(15-11)13-7-9(16)17-5-2/h6H,4-5,7H2,1-3H3,(H2,12,13,14,15). The first-order valence-electron chi connectivity index (χ1n) is 5.64. The number of hydrogen-bond acceptors (Lipinski definition) is 6. The summed E-state index contributed by atoms with van der Waals surface area (Å²) in [7, 11) is 0. The average Bonchev–Trinajstić information content (AvgIpc) is 2.30. The molecule has 0 saturated carbocycles. The van der Waals surface area contributed by atoms with Crippen LogP contribution in [0.2, 0.25) is 0 Å². The van der Waals surface area contributed by atoms with Gasteiger partial charge in [-0.05, 0) is 20.8 Å². The van der Waals surface area contributed by atoms with Crippen LogP contribution in [-0.4, -0.2) is 35.6 Å². The van der Waals surface area contributed by atoms with Gasteiger partial charge in [0, 0.05) is 18.3 Å². The predicted molar refractivity (Wildman–Crippen MR) is 66.1 cm³/mol. The SMILES string of the molecule is CCNc1ncc(C)c(NCC(=O)OCC)n1. The molecule has 1 heterocycles. The van der Waals surface area contributed by atoms with Crippen LogP contribution in [0.3, 0.4) is 0 Å². The summed E-state index contributed by atoms with van der Waals surface area (Å²) in [5, 5.41) is 5.94. The fourth-order valence-corrected chi connectivity index (χ4v) is 1.23. The molecule has 6 heteroatoms. The van der Waals surface area contributed by atoms with Gasteiger partial charge in [0.1, 0.15) is 12.4 Å². The number of anilines is 2. The summed E-state index contributed by atoms with van der Waals surface area (Å²) in [5.74, 6) is 0.893. The van der Waals surface area contributed by atoms with Crippen LogP contribution in [0.15, 0.2) is 6.20 Å². The molecule has 0 spiro atoms. The number of ether oxygens (including phenoxy) is 1. The summed E-state index contributed by atoms with van der Waals surface area (Å²) in [5.41, 5.74) is 0.885. The Hall–Kier alpha value is -1.85. The third-order valence-electron chi connectivity index (χ3n) is 2.01. The third kappa shape index (κ3) is 4.26. The van der Waals surface area contributed by atoms with Gasteiger partial charge in [-0.2, -0.15) is 4.98 Å². The maximum Gasteiger partial charge on any atom is 0.325 e. The summed E-state index contributed by atoms with van der Waals surface area (Å²) < 4.78 is 4.82. The van der Waals surface area contributed by atoms with Gasteiger partial charge in [0.15, 0.2) is 0 Å². The van der Waals surface area contributed by atoms with Crippen LogP contribution < -0.4 is 10.6 Å². The molecular weight excluding hydrogens is 220 g/mol. The zero-order chi connectivity index (χ0) is 12.7. The van der Waals surface area contributed by atoms with E-state index in [1.165, 1.54) is 0 Å². The van der Waals surface area contributed by atoms with Crippen molar-refractivity contribution in [1.29, 1.82) is 0 Å². The number of carbonyl (C=O) groups is 1. The minimum absolute atomic E-state index is 0.108. The first kappa shape index (κ1) is 13.2. The van der Waals surface area contributed by atoms with Crippen LogP contribution in [-0.2, 0) is 9.53 Å². The maximum absolute atomic E-state index is 11.2. The molecule has 1 aromatic rings. The van der Waals surface area contributed by atoms with Gasteiger partial charge in [-0.15, -0.1) is 0 Å². The number of nitrogens with zero attached hydrogens (tertiary/aromatic N) is 2. The summed E-state index contributed by atoms with van der Waals surface area (Å²) in [4.78, 5) is 19.6. The molecule has 0 saturated heterocycles. The molecule has 0 radical (unpaired) electrons. The topological polar surface area (TPSA) is 76.1 Å². The van der Waals surface area contributed by atoms with Crippen molar-refractivity contribution in [2.45, 2.75) is 20.8 Å². The first-order chi connectivity index (χ1) is 8.17. The molecule has 2 N–H and O–H groups in total. The lowest BCUT2D eigenvalue weighted by molar-refractivity contribution is -0.140. The number of carbonyl (C=O) groups excluding carboxylic acids is 1. The Morgan fingerprint density at radius 1 is 1.41 bits per heavy atom. The second-order valence-electron chi connectivity index (χ2n) is 3.41. The lowest BCUT2D eigenvalue weighted by atomic mass is 10.3. The summed E-state index contributed by atoms with van der Waals surface area (Å²) in [6.45, 7) is 6.86. The Bertz CT molecular complexity index is 382. The Morgan fingerprint density at radius 3 is 2.82 bits per heavy atom. The molecule has 0 fully saturated rings. The molecular formula is C11H18N4O2. The van der Waals surface area contributed by atoms with Crippen molar-refractivity contribution in [3.8, 4) is 0 Å². The fourth-order valence-electron chi connectivity index (χ4n) is 1.23. The molecule has 0 unspecified atom stereocenters. The van der Waals surface area contributed by atoms with Crippen molar-refractivity contribution in [2.75, 3.05) is 30.3 Å². The van der Waals surface area contributed by atoms with Gasteiger partial charge >= 0.3 is 5.97 Å². The Labute approximate surface area is 101 Å². The normalized spacial score (nSPS) is 9.82. The maximum atomic E-state index is 11.2. The van der Waals surface area contributed by atoms with E-state index in [1.807, 2.05) is 13.8 Å². The summed E-state index contributed by atoms with van der Waals surface area (Å²) >= 11 is 0. The molecule has 0 aliphatic carbocycles. The van der Waals surface area contributed by atoms with E-state index in [0.717, 1.165) is 12.1 Å². The van der Waals surface area contributed by atoms with Gasteiger partial charge in [0.05, 0.1) is 6.61 Å². The van der Waals surface area contributed by atoms with E-state index in [0.29, 0.717) is 18.4 Å². The third-order valence-corrected chi connectivity index (χ3v) is 2.01. The van der Waals surface area contributed by atoms with Crippen LogP contribution in [0.25, 0.3) is 0 Å². The van der Waals surface area contributed by atoms with E-state index >= 15 is 0 Å². The number of hydrogen-bond donors (Lipinski definition) is 2. The van der Waals surface area contributed by atoms with Gasteiger partial charge in [-0.3, -0.25) is 4.79 Å². The smallest absolute Gasteiger partial charge is 0.325 e. The van der Waals surface area contributed by atoms with Gasteiger partial charge in [0.2, 0.25) is 5.95 Å². The van der Waals surface area contributed by atoms with Gasteiger partial charge in [-0.1, -0.05) is 0 Å². The van der Waals surface area contributed by atoms with Crippen molar-refractivity contribution >= 4 is 17.7 Å². The highest BCUT2D eigenvalue weighted by molar-refractivity contribution is 5.74. The number of aryl methyl sites for hydroxylation is 1. The van der Waals surface area contributed by atoms with E-state index in [2.05, 4.69) is 20.6 Å². The Kier molecular flexibility index (Phi) is 5.19. The highest BCUT2D eigenvalue weighted by Crippen LogP contribution is 2.11. The van der Waals surface area contributed by atoms with Crippen LogP contribution in [0, 0.1) is 6.92 Å². The molecule has 17 heavy (non-hydrogen) atoms. The molecule has 1 aromatic heterocycles. The zero-order valence-corrected chi connectivity index (χ0v) is 10.4. The quantitative estimate of drug-likeness (QED) is 0.725. The van der Waals surface area contributed by atoms with E-state index in [-0.39, 0.29) is 12.5 Å². The molecule has 0 atom stereocenters. The van der Waals surface area contributed by atoms with Crippen molar-refractivity contribution in [2.24, 2.45) is 0 Å². The second kappa shape index (κ2) is 6.67. The summed E-state index contributed by atoms with van der Waals surface area (Å²) in [6.07, 6.45) is 1.71. The molecule has 94 valence electrons. The van der Waals surface area contributed by atoms with Crippen molar-refractivity contribution in [3.63, 3.8) is 0 Å². The zero-order valence-electron chi connectivity index (χ0n) is 10.4. The van der Waals surface area contributed by atoms with Gasteiger partial charge < -0.3 is 15.4 Å². The fraction of sp³-hybridized carbons (Fsp3) is 0.545. The molecule has 0 aliphatic rings. The monoisotopic (exact) mass is 238 g/mol. The first-order valence-corrected chi connectivity index (χ1v) is 5.64. The number of nitrogens with one attached hydrogen (secondary N) is 2. The second-order valence-corrected chi connectivity index (χ2v) is 3.41. The summed E-state index contributed by atoms with van der Waals surface area (Å²) in [6, 6.07) is 0. The van der Waals surface area contributed by atoms with Crippen molar-refractivity contribution in [1.82, 2.24) is 9.97 Å². The van der Waals surface area contributed by atoms with E-state index in [4.69, 9.17) is 4.74 Å². The molecule has 6 nitrogen and oxygen atoms in total. The average molecular weight is 238 g/mol. The van der Waals surface area contributed by atoms with Gasteiger partial charge in [-0.25, -0.2) is 4.98 Å². The van der Waals surface area contributed by atoms with Crippen LogP contribution in [0.5, 0.6) is 0 Å². The van der Waals surface area contributed by atoms with E-state index < -0.39 is 0 Å². The van der Waals surface area contributed by atoms with E-state index in [9.17, 15) is 4.79 Å². The number of esters is 1. The largest absolute Gasteiger partial charge is 0.465 e. The Balaban J connectivity index is 2.62. The minimum atomic E-state index is -0.296. The highest BCUT2D eigenvalue weighted by Gasteiger charge is 2.06. The van der Waals surface area contributed by atoms with Gasteiger partial charge in [0.25, 0.3) is 0 Å². The number of rotatable bonds is 6. The Morgan fingerprint density at radius 2 is 2.18 bits per heavy atom. The lowest BCUT2D eigenvalue weighted by Crippen LogP contribution is -2.18. The highest BCUT2D eigenvalue weighted by atomic mass is 16.5. The molecule has 0 aromatic carbocycles.